The van der Waals surface area contributed by atoms with E-state index in [-0.39, 0.29) is 11.3 Å². The summed E-state index contributed by atoms with van der Waals surface area (Å²) >= 11 is 3.28. The number of benzene rings is 2. The highest BCUT2D eigenvalue weighted by Crippen LogP contribution is 2.23. The molecule has 0 unspecified atom stereocenters. The average Bonchev–Trinajstić information content (AvgIpc) is 2.25. The maximum Gasteiger partial charge on any atom is 0.196 e. The molecule has 19 heavy (non-hydrogen) atoms. The van der Waals surface area contributed by atoms with Gasteiger partial charge in [-0.1, -0.05) is 22.0 Å². The van der Waals surface area contributed by atoms with Gasteiger partial charge in [-0.15, -0.1) is 0 Å². The van der Waals surface area contributed by atoms with Gasteiger partial charge in [0.05, 0.1) is 5.56 Å². The van der Waals surface area contributed by atoms with Gasteiger partial charge in [0, 0.05) is 15.7 Å². The molecule has 0 aliphatic carbocycles. The number of hydrogen-bond donors (Lipinski definition) is 1. The molecule has 0 aliphatic rings. The van der Waals surface area contributed by atoms with Crippen molar-refractivity contribution in [1.29, 1.82) is 0 Å². The summed E-state index contributed by atoms with van der Waals surface area (Å²) in [6, 6.07) is 8.03. The maximum absolute atomic E-state index is 14.0. The zero-order valence-corrected chi connectivity index (χ0v) is 12.2. The van der Waals surface area contributed by atoms with E-state index in [1.165, 1.54) is 6.07 Å². The predicted octanol–water partition coefficient (Wildman–Crippen LogP) is 4.02. The Morgan fingerprint density at radius 2 is 1.84 bits per heavy atom. The highest BCUT2D eigenvalue weighted by molar-refractivity contribution is 9.10. The first-order valence-electron chi connectivity index (χ1n) is 5.76. The minimum absolute atomic E-state index is 0.100. The molecule has 0 aliphatic heterocycles. The minimum Gasteiger partial charge on any atom is -0.399 e. The molecule has 2 N–H and O–H groups in total. The number of rotatable bonds is 2. The summed E-state index contributed by atoms with van der Waals surface area (Å²) in [6.07, 6.45) is 0. The van der Waals surface area contributed by atoms with Crippen LogP contribution in [0.5, 0.6) is 0 Å². The smallest absolute Gasteiger partial charge is 0.196 e. The molecule has 0 saturated carbocycles. The number of ketones is 1. The van der Waals surface area contributed by atoms with Crippen molar-refractivity contribution in [3.8, 4) is 0 Å². The van der Waals surface area contributed by atoms with Crippen molar-refractivity contribution < 1.29 is 9.18 Å². The fourth-order valence-electron chi connectivity index (χ4n) is 2.09. The van der Waals surface area contributed by atoms with Crippen LogP contribution in [-0.2, 0) is 0 Å². The number of nitrogen functional groups attached to an aromatic ring is 1. The number of carbonyl (C=O) groups excluding carboxylic acids is 1. The fourth-order valence-corrected chi connectivity index (χ4v) is 2.60. The Morgan fingerprint density at radius 1 is 1.16 bits per heavy atom. The number of nitrogens with two attached hydrogens (primary N) is 1. The first-order valence-corrected chi connectivity index (χ1v) is 6.55. The third kappa shape index (κ3) is 2.84. The van der Waals surface area contributed by atoms with Crippen molar-refractivity contribution in [3.05, 3.63) is 62.9 Å². The number of carbonyl (C=O) groups is 1. The molecule has 0 amide bonds. The van der Waals surface area contributed by atoms with Crippen molar-refractivity contribution in [3.63, 3.8) is 0 Å². The molecule has 98 valence electrons. The Labute approximate surface area is 119 Å². The van der Waals surface area contributed by atoms with E-state index in [2.05, 4.69) is 15.9 Å². The van der Waals surface area contributed by atoms with E-state index in [1.54, 1.807) is 38.1 Å². The monoisotopic (exact) mass is 321 g/mol. The summed E-state index contributed by atoms with van der Waals surface area (Å²) in [5, 5.41) is 0. The molecule has 0 aromatic heterocycles. The molecule has 2 aromatic rings. The fraction of sp³-hybridized carbons (Fsp3) is 0.133. The van der Waals surface area contributed by atoms with Crippen LogP contribution in [0.2, 0.25) is 0 Å². The normalized spacial score (nSPS) is 10.5. The number of anilines is 1. The van der Waals surface area contributed by atoms with Crippen LogP contribution in [0.15, 0.2) is 34.8 Å². The zero-order valence-electron chi connectivity index (χ0n) is 10.6. The van der Waals surface area contributed by atoms with Gasteiger partial charge in [0.15, 0.2) is 5.78 Å². The largest absolute Gasteiger partial charge is 0.399 e. The Balaban J connectivity index is 2.56. The second-order valence-electron chi connectivity index (χ2n) is 4.54. The van der Waals surface area contributed by atoms with Gasteiger partial charge in [-0.05, 0) is 49.2 Å². The van der Waals surface area contributed by atoms with Gasteiger partial charge in [-0.2, -0.15) is 0 Å². The number of aryl methyl sites for hydroxylation is 2. The first kappa shape index (κ1) is 13.7. The molecule has 2 rings (SSSR count). The Kier molecular flexibility index (Phi) is 3.71. The summed E-state index contributed by atoms with van der Waals surface area (Å²) in [4.78, 5) is 12.4. The lowest BCUT2D eigenvalue weighted by molar-refractivity contribution is 0.103. The summed E-state index contributed by atoms with van der Waals surface area (Å²) in [5.41, 5.74) is 8.05. The van der Waals surface area contributed by atoms with E-state index in [4.69, 9.17) is 5.73 Å². The molecule has 0 saturated heterocycles. The van der Waals surface area contributed by atoms with Crippen LogP contribution in [0.1, 0.15) is 27.0 Å². The van der Waals surface area contributed by atoms with Gasteiger partial charge in [0.2, 0.25) is 0 Å². The number of hydrogen-bond acceptors (Lipinski definition) is 2. The molecule has 0 radical (unpaired) electrons. The molecule has 0 fully saturated rings. The highest BCUT2D eigenvalue weighted by atomic mass is 79.9. The second kappa shape index (κ2) is 5.13. The third-order valence-corrected chi connectivity index (χ3v) is 3.30. The second-order valence-corrected chi connectivity index (χ2v) is 5.46. The van der Waals surface area contributed by atoms with Gasteiger partial charge in [0.25, 0.3) is 0 Å². The van der Waals surface area contributed by atoms with Crippen molar-refractivity contribution >= 4 is 27.4 Å². The summed E-state index contributed by atoms with van der Waals surface area (Å²) in [7, 11) is 0. The Bertz CT molecular complexity index is 624. The lowest BCUT2D eigenvalue weighted by Gasteiger charge is -2.09. The molecule has 0 atom stereocenters. The molecular weight excluding hydrogens is 309 g/mol. The highest BCUT2D eigenvalue weighted by Gasteiger charge is 2.17. The van der Waals surface area contributed by atoms with Gasteiger partial charge < -0.3 is 5.73 Å². The van der Waals surface area contributed by atoms with Crippen molar-refractivity contribution in [2.75, 3.05) is 5.73 Å². The quantitative estimate of drug-likeness (QED) is 0.670. The van der Waals surface area contributed by atoms with Crippen LogP contribution in [0.4, 0.5) is 10.1 Å². The van der Waals surface area contributed by atoms with Crippen LogP contribution < -0.4 is 5.73 Å². The van der Waals surface area contributed by atoms with Crippen LogP contribution in [-0.4, -0.2) is 5.78 Å². The topological polar surface area (TPSA) is 43.1 Å². The molecule has 2 nitrogen and oxygen atoms in total. The first-order chi connectivity index (χ1) is 8.88. The van der Waals surface area contributed by atoms with Crippen molar-refractivity contribution in [2.24, 2.45) is 0 Å². The van der Waals surface area contributed by atoms with E-state index in [1.807, 2.05) is 0 Å². The Morgan fingerprint density at radius 3 is 2.42 bits per heavy atom. The zero-order chi connectivity index (χ0) is 14.2. The van der Waals surface area contributed by atoms with Crippen molar-refractivity contribution in [2.45, 2.75) is 13.8 Å². The van der Waals surface area contributed by atoms with E-state index < -0.39 is 5.82 Å². The SMILES string of the molecule is Cc1cc(C)c(C(=O)c2cc(N)cc(Br)c2)c(F)c1. The lowest BCUT2D eigenvalue weighted by Crippen LogP contribution is -2.08. The predicted molar refractivity (Wildman–Crippen MR) is 77.9 cm³/mol. The molecule has 0 spiro atoms. The summed E-state index contributed by atoms with van der Waals surface area (Å²) < 4.78 is 14.7. The van der Waals surface area contributed by atoms with E-state index in [0.29, 0.717) is 21.3 Å². The van der Waals surface area contributed by atoms with Crippen LogP contribution in [0.3, 0.4) is 0 Å². The third-order valence-electron chi connectivity index (χ3n) is 2.84. The van der Waals surface area contributed by atoms with Gasteiger partial charge in [0.1, 0.15) is 5.82 Å². The lowest BCUT2D eigenvalue weighted by atomic mass is 9.96. The van der Waals surface area contributed by atoms with E-state index in [0.717, 1.165) is 5.56 Å². The number of halogens is 2. The molecule has 0 heterocycles. The molecule has 4 heteroatoms. The van der Waals surface area contributed by atoms with Gasteiger partial charge in [-0.3, -0.25) is 4.79 Å². The molecular formula is C15H13BrFNO. The molecule has 0 bridgehead atoms. The minimum atomic E-state index is -0.499. The van der Waals surface area contributed by atoms with Crippen LogP contribution in [0, 0.1) is 19.7 Å². The summed E-state index contributed by atoms with van der Waals surface area (Å²) in [5.74, 6) is -0.857. The Hall–Kier alpha value is -1.68. The summed E-state index contributed by atoms with van der Waals surface area (Å²) in [6.45, 7) is 3.52. The molecule has 2 aromatic carbocycles. The average molecular weight is 322 g/mol. The van der Waals surface area contributed by atoms with Crippen LogP contribution in [0.25, 0.3) is 0 Å². The van der Waals surface area contributed by atoms with E-state index in [9.17, 15) is 9.18 Å². The van der Waals surface area contributed by atoms with Gasteiger partial charge >= 0.3 is 0 Å². The van der Waals surface area contributed by atoms with Crippen molar-refractivity contribution in [1.82, 2.24) is 0 Å². The van der Waals surface area contributed by atoms with E-state index >= 15 is 0 Å². The van der Waals surface area contributed by atoms with Crippen LogP contribution >= 0.6 is 15.9 Å². The standard InChI is InChI=1S/C15H13BrFNO/c1-8-3-9(2)14(13(17)4-8)15(19)10-5-11(16)7-12(18)6-10/h3-7H,18H2,1-2H3. The van der Waals surface area contributed by atoms with Gasteiger partial charge in [-0.25, -0.2) is 4.39 Å². The maximum atomic E-state index is 14.0.